The molecule has 1 aromatic rings. The van der Waals surface area contributed by atoms with E-state index in [1.807, 2.05) is 18.2 Å². The zero-order chi connectivity index (χ0) is 12.1. The Bertz CT molecular complexity index is 357. The van der Waals surface area contributed by atoms with E-state index in [4.69, 9.17) is 21.4 Å². The number of benzene rings is 1. The van der Waals surface area contributed by atoms with Crippen LogP contribution in [0.5, 0.6) is 0 Å². The van der Waals surface area contributed by atoms with Crippen LogP contribution in [0.15, 0.2) is 24.3 Å². The molecule has 94 valence electrons. The monoisotopic (exact) mass is 255 g/mol. The van der Waals surface area contributed by atoms with Crippen LogP contribution in [-0.2, 0) is 11.2 Å². The van der Waals surface area contributed by atoms with E-state index in [1.165, 1.54) is 5.56 Å². The number of hydrogen-bond acceptors (Lipinski definition) is 3. The summed E-state index contributed by atoms with van der Waals surface area (Å²) in [5.74, 6) is 0. The van der Waals surface area contributed by atoms with Crippen molar-refractivity contribution in [3.05, 3.63) is 34.9 Å². The predicted octanol–water partition coefficient (Wildman–Crippen LogP) is 1.58. The van der Waals surface area contributed by atoms with Crippen molar-refractivity contribution in [1.29, 1.82) is 0 Å². The van der Waals surface area contributed by atoms with Crippen molar-refractivity contribution < 1.29 is 9.84 Å². The van der Waals surface area contributed by atoms with Crippen LogP contribution in [0, 0.1) is 0 Å². The molecule has 1 aliphatic rings. The van der Waals surface area contributed by atoms with Crippen molar-refractivity contribution >= 4 is 11.6 Å². The largest absolute Gasteiger partial charge is 0.395 e. The van der Waals surface area contributed by atoms with Gasteiger partial charge in [0.1, 0.15) is 0 Å². The number of halogens is 1. The molecular formula is C13H18ClNO2. The van der Waals surface area contributed by atoms with E-state index in [0.717, 1.165) is 37.7 Å². The highest BCUT2D eigenvalue weighted by molar-refractivity contribution is 6.30. The molecule has 1 atom stereocenters. The topological polar surface area (TPSA) is 32.7 Å². The van der Waals surface area contributed by atoms with Gasteiger partial charge in [-0.25, -0.2) is 0 Å². The molecule has 1 heterocycles. The molecule has 1 saturated heterocycles. The van der Waals surface area contributed by atoms with Gasteiger partial charge in [0.15, 0.2) is 0 Å². The van der Waals surface area contributed by atoms with Crippen molar-refractivity contribution in [2.24, 2.45) is 0 Å². The second-order valence-electron chi connectivity index (χ2n) is 4.35. The molecule has 1 N–H and O–H groups in total. The maximum atomic E-state index is 8.93. The van der Waals surface area contributed by atoms with Crippen molar-refractivity contribution in [2.75, 3.05) is 32.8 Å². The molecular weight excluding hydrogens is 238 g/mol. The highest BCUT2D eigenvalue weighted by Crippen LogP contribution is 2.15. The van der Waals surface area contributed by atoms with Crippen LogP contribution < -0.4 is 0 Å². The third-order valence-electron chi connectivity index (χ3n) is 2.99. The lowest BCUT2D eigenvalue weighted by Crippen LogP contribution is -2.44. The summed E-state index contributed by atoms with van der Waals surface area (Å²) in [4.78, 5) is 2.23. The molecule has 0 aromatic heterocycles. The molecule has 2 rings (SSSR count). The fourth-order valence-electron chi connectivity index (χ4n) is 2.18. The molecule has 0 spiro atoms. The molecule has 0 aliphatic carbocycles. The maximum Gasteiger partial charge on any atom is 0.0742 e. The predicted molar refractivity (Wildman–Crippen MR) is 68.4 cm³/mol. The van der Waals surface area contributed by atoms with Gasteiger partial charge in [-0.1, -0.05) is 23.7 Å². The Kier molecular flexibility index (Phi) is 4.80. The number of morpholine rings is 1. The Hall–Kier alpha value is -0.610. The first-order valence-electron chi connectivity index (χ1n) is 5.97. The van der Waals surface area contributed by atoms with E-state index in [0.29, 0.717) is 0 Å². The van der Waals surface area contributed by atoms with Gasteiger partial charge in [-0.15, -0.1) is 0 Å². The Morgan fingerprint density at radius 1 is 1.47 bits per heavy atom. The Balaban J connectivity index is 1.90. The molecule has 0 radical (unpaired) electrons. The molecule has 0 amide bonds. The molecule has 3 nitrogen and oxygen atoms in total. The van der Waals surface area contributed by atoms with Crippen LogP contribution in [0.1, 0.15) is 5.56 Å². The third-order valence-corrected chi connectivity index (χ3v) is 3.23. The first-order chi connectivity index (χ1) is 8.28. The van der Waals surface area contributed by atoms with Crippen LogP contribution in [0.2, 0.25) is 5.02 Å². The minimum atomic E-state index is 0.203. The summed E-state index contributed by atoms with van der Waals surface area (Å²) in [6.45, 7) is 3.48. The van der Waals surface area contributed by atoms with Gasteiger partial charge in [0.25, 0.3) is 0 Å². The first-order valence-corrected chi connectivity index (χ1v) is 6.35. The fraction of sp³-hybridized carbons (Fsp3) is 0.538. The average molecular weight is 256 g/mol. The van der Waals surface area contributed by atoms with E-state index in [2.05, 4.69) is 11.0 Å². The zero-order valence-corrected chi connectivity index (χ0v) is 10.6. The molecule has 1 fully saturated rings. The van der Waals surface area contributed by atoms with Crippen molar-refractivity contribution in [1.82, 2.24) is 4.90 Å². The third kappa shape index (κ3) is 3.96. The van der Waals surface area contributed by atoms with Gasteiger partial charge in [-0.2, -0.15) is 0 Å². The van der Waals surface area contributed by atoms with Crippen molar-refractivity contribution in [3.8, 4) is 0 Å². The molecule has 1 aliphatic heterocycles. The molecule has 1 unspecified atom stereocenters. The minimum absolute atomic E-state index is 0.203. The normalized spacial score (nSPS) is 21.6. The van der Waals surface area contributed by atoms with Crippen molar-refractivity contribution in [3.63, 3.8) is 0 Å². The number of β-amino-alcohol motifs (C(OH)–C–C–N with tert-alkyl or cyclic N) is 1. The fourth-order valence-corrected chi connectivity index (χ4v) is 2.39. The van der Waals surface area contributed by atoms with Gasteiger partial charge in [-0.05, 0) is 24.1 Å². The summed E-state index contributed by atoms with van der Waals surface area (Å²) < 4.78 is 5.73. The summed E-state index contributed by atoms with van der Waals surface area (Å²) >= 11 is 5.96. The van der Waals surface area contributed by atoms with Gasteiger partial charge < -0.3 is 9.84 Å². The number of ether oxygens (including phenoxy) is 1. The van der Waals surface area contributed by atoms with E-state index in [1.54, 1.807) is 0 Å². The maximum absolute atomic E-state index is 8.93. The Morgan fingerprint density at radius 2 is 2.35 bits per heavy atom. The van der Waals surface area contributed by atoms with Crippen LogP contribution in [0.3, 0.4) is 0 Å². The summed E-state index contributed by atoms with van der Waals surface area (Å²) in [6.07, 6.45) is 1.08. The van der Waals surface area contributed by atoms with Gasteiger partial charge in [0.2, 0.25) is 0 Å². The van der Waals surface area contributed by atoms with E-state index >= 15 is 0 Å². The highest BCUT2D eigenvalue weighted by Gasteiger charge is 2.20. The van der Waals surface area contributed by atoms with Crippen LogP contribution in [0.4, 0.5) is 0 Å². The van der Waals surface area contributed by atoms with Gasteiger partial charge in [0.05, 0.1) is 19.3 Å². The molecule has 0 bridgehead atoms. The summed E-state index contributed by atoms with van der Waals surface area (Å²) in [5.41, 5.74) is 1.20. The second kappa shape index (κ2) is 6.36. The average Bonchev–Trinajstić information content (AvgIpc) is 2.30. The molecule has 17 heavy (non-hydrogen) atoms. The highest BCUT2D eigenvalue weighted by atomic mass is 35.5. The van der Waals surface area contributed by atoms with E-state index in [9.17, 15) is 0 Å². The molecule has 1 aromatic carbocycles. The number of aliphatic hydroxyl groups is 1. The van der Waals surface area contributed by atoms with Crippen LogP contribution >= 0.6 is 11.6 Å². The van der Waals surface area contributed by atoms with E-state index in [-0.39, 0.29) is 12.7 Å². The number of hydrogen-bond donors (Lipinski definition) is 1. The summed E-state index contributed by atoms with van der Waals surface area (Å²) in [6, 6.07) is 7.90. The molecule has 4 heteroatoms. The Labute approximate surface area is 107 Å². The number of rotatable bonds is 4. The Morgan fingerprint density at radius 3 is 3.12 bits per heavy atom. The lowest BCUT2D eigenvalue weighted by atomic mass is 10.1. The summed E-state index contributed by atoms with van der Waals surface area (Å²) in [5, 5.41) is 9.70. The quantitative estimate of drug-likeness (QED) is 0.887. The minimum Gasteiger partial charge on any atom is -0.395 e. The van der Waals surface area contributed by atoms with Gasteiger partial charge in [-0.3, -0.25) is 4.90 Å². The van der Waals surface area contributed by atoms with E-state index < -0.39 is 0 Å². The number of aliphatic hydroxyl groups excluding tert-OH is 1. The summed E-state index contributed by atoms with van der Waals surface area (Å²) in [7, 11) is 0. The first kappa shape index (κ1) is 12.8. The van der Waals surface area contributed by atoms with Crippen LogP contribution in [-0.4, -0.2) is 49.0 Å². The standard InChI is InChI=1S/C13H18ClNO2/c14-12-3-1-2-11(8-12)9-13-10-15(4-6-16)5-7-17-13/h1-3,8,13,16H,4-7,9-10H2. The zero-order valence-electron chi connectivity index (χ0n) is 9.81. The second-order valence-corrected chi connectivity index (χ2v) is 4.79. The van der Waals surface area contributed by atoms with Gasteiger partial charge >= 0.3 is 0 Å². The van der Waals surface area contributed by atoms with Crippen LogP contribution in [0.25, 0.3) is 0 Å². The van der Waals surface area contributed by atoms with Crippen molar-refractivity contribution in [2.45, 2.75) is 12.5 Å². The smallest absolute Gasteiger partial charge is 0.0742 e. The lowest BCUT2D eigenvalue weighted by Gasteiger charge is -2.32. The lowest BCUT2D eigenvalue weighted by molar-refractivity contribution is -0.0313. The van der Waals surface area contributed by atoms with Gasteiger partial charge in [0, 0.05) is 24.7 Å². The SMILES string of the molecule is OCCN1CCOC(Cc2cccc(Cl)c2)C1. The molecule has 0 saturated carbocycles. The number of nitrogens with zero attached hydrogens (tertiary/aromatic N) is 1.